The molecule has 1 aliphatic rings. The number of pyridine rings is 1. The molecule has 2 aromatic heterocycles. The molecule has 1 N–H and O–H groups in total. The second-order valence-electron chi connectivity index (χ2n) is 7.27. The maximum Gasteiger partial charge on any atom is 0.391 e. The number of carbonyl (C=O) groups excluding carboxylic acids is 1. The van der Waals surface area contributed by atoms with Gasteiger partial charge in [0.25, 0.3) is 5.91 Å². The van der Waals surface area contributed by atoms with E-state index < -0.39 is 28.0 Å². The highest BCUT2D eigenvalue weighted by molar-refractivity contribution is 7.89. The van der Waals surface area contributed by atoms with Gasteiger partial charge in [0.1, 0.15) is 10.6 Å². The van der Waals surface area contributed by atoms with Gasteiger partial charge in [-0.3, -0.25) is 10.1 Å². The van der Waals surface area contributed by atoms with Crippen molar-refractivity contribution in [3.8, 4) is 0 Å². The van der Waals surface area contributed by atoms with E-state index in [1.807, 2.05) is 0 Å². The maximum absolute atomic E-state index is 13.1. The molecule has 2 aromatic rings. The monoisotopic (exact) mass is 462 g/mol. The van der Waals surface area contributed by atoms with Crippen molar-refractivity contribution in [2.24, 2.45) is 5.92 Å². The smallest absolute Gasteiger partial charge is 0.296 e. The van der Waals surface area contributed by atoms with Gasteiger partial charge in [-0.2, -0.15) is 13.2 Å². The first-order valence-electron chi connectivity index (χ1n) is 9.21. The fourth-order valence-corrected chi connectivity index (χ4v) is 5.23. The molecule has 0 aliphatic heterocycles. The number of nitrogens with zero attached hydrogens (tertiary/aromatic N) is 3. The zero-order valence-corrected chi connectivity index (χ0v) is 17.9. The van der Waals surface area contributed by atoms with Crippen molar-refractivity contribution in [2.45, 2.75) is 42.7 Å². The molecule has 1 saturated carbocycles. The van der Waals surface area contributed by atoms with Crippen LogP contribution in [0.2, 0.25) is 0 Å². The Kier molecular flexibility index (Phi) is 6.48. The SMILES string of the molecule is CN(C)S(=O)(=O)c1cccnc1C(=O)Nc1nc(C2CCCC(C(F)(F)F)C2)cs1. The van der Waals surface area contributed by atoms with Gasteiger partial charge < -0.3 is 0 Å². The Morgan fingerprint density at radius 3 is 2.70 bits per heavy atom. The van der Waals surface area contributed by atoms with E-state index in [2.05, 4.69) is 15.3 Å². The highest BCUT2D eigenvalue weighted by Crippen LogP contribution is 2.44. The van der Waals surface area contributed by atoms with E-state index in [9.17, 15) is 26.4 Å². The largest absolute Gasteiger partial charge is 0.391 e. The second-order valence-corrected chi connectivity index (χ2v) is 10.2. The third-order valence-electron chi connectivity index (χ3n) is 5.04. The van der Waals surface area contributed by atoms with Crippen LogP contribution < -0.4 is 5.32 Å². The number of hydrogen-bond acceptors (Lipinski definition) is 6. The minimum atomic E-state index is -4.22. The van der Waals surface area contributed by atoms with Gasteiger partial charge >= 0.3 is 6.18 Å². The number of rotatable bonds is 5. The van der Waals surface area contributed by atoms with Gasteiger partial charge in [0.05, 0.1) is 11.6 Å². The van der Waals surface area contributed by atoms with Gasteiger partial charge in [-0.1, -0.05) is 6.42 Å². The summed E-state index contributed by atoms with van der Waals surface area (Å²) in [6.45, 7) is 0. The molecule has 1 amide bonds. The lowest BCUT2D eigenvalue weighted by Gasteiger charge is -2.29. The molecule has 1 aliphatic carbocycles. The topological polar surface area (TPSA) is 92.3 Å². The van der Waals surface area contributed by atoms with Gasteiger partial charge in [0.15, 0.2) is 5.13 Å². The Balaban J connectivity index is 1.77. The van der Waals surface area contributed by atoms with Crippen LogP contribution in [-0.2, 0) is 10.0 Å². The molecule has 2 atom stereocenters. The highest BCUT2D eigenvalue weighted by Gasteiger charge is 2.42. The van der Waals surface area contributed by atoms with Gasteiger partial charge in [-0.25, -0.2) is 22.7 Å². The summed E-state index contributed by atoms with van der Waals surface area (Å²) in [5, 5.41) is 4.33. The lowest BCUT2D eigenvalue weighted by atomic mass is 9.80. The minimum absolute atomic E-state index is 0.0217. The van der Waals surface area contributed by atoms with Crippen molar-refractivity contribution in [3.05, 3.63) is 35.1 Å². The van der Waals surface area contributed by atoms with Gasteiger partial charge in [0, 0.05) is 31.6 Å². The molecule has 12 heteroatoms. The number of nitrogens with one attached hydrogen (secondary N) is 1. The van der Waals surface area contributed by atoms with Crippen LogP contribution in [0.4, 0.5) is 18.3 Å². The number of halogens is 3. The Hall–Kier alpha value is -2.05. The second kappa shape index (κ2) is 8.60. The molecule has 2 heterocycles. The van der Waals surface area contributed by atoms with Crippen LogP contribution in [-0.4, -0.2) is 48.9 Å². The van der Waals surface area contributed by atoms with Gasteiger partial charge in [0.2, 0.25) is 10.0 Å². The molecule has 164 valence electrons. The minimum Gasteiger partial charge on any atom is -0.296 e. The number of anilines is 1. The third kappa shape index (κ3) is 4.81. The van der Waals surface area contributed by atoms with E-state index in [0.29, 0.717) is 18.5 Å². The quantitative estimate of drug-likeness (QED) is 0.728. The Labute approximate surface area is 176 Å². The van der Waals surface area contributed by atoms with E-state index in [0.717, 1.165) is 15.6 Å². The Bertz CT molecular complexity index is 1020. The Morgan fingerprint density at radius 1 is 1.30 bits per heavy atom. The summed E-state index contributed by atoms with van der Waals surface area (Å²) in [4.78, 5) is 20.6. The van der Waals surface area contributed by atoms with E-state index in [4.69, 9.17) is 0 Å². The fourth-order valence-electron chi connectivity index (χ4n) is 3.41. The molecule has 3 rings (SSSR count). The maximum atomic E-state index is 13.1. The van der Waals surface area contributed by atoms with E-state index in [1.54, 1.807) is 5.38 Å². The molecule has 0 bridgehead atoms. The van der Waals surface area contributed by atoms with E-state index in [-0.39, 0.29) is 34.5 Å². The van der Waals surface area contributed by atoms with Crippen molar-refractivity contribution < 1.29 is 26.4 Å². The van der Waals surface area contributed by atoms with E-state index >= 15 is 0 Å². The van der Waals surface area contributed by atoms with Crippen LogP contribution in [0, 0.1) is 5.92 Å². The first-order valence-corrected chi connectivity index (χ1v) is 11.5. The standard InChI is InChI=1S/C18H21F3N4O3S2/c1-25(2)30(27,28)14-7-4-8-22-15(14)16(26)24-17-23-13(10-29-17)11-5-3-6-12(9-11)18(19,20)21/h4,7-8,10-12H,3,5-6,9H2,1-2H3,(H,23,24,26). The number of amides is 1. The van der Waals surface area contributed by atoms with Crippen molar-refractivity contribution in [1.82, 2.24) is 14.3 Å². The normalized spacial score (nSPS) is 20.3. The van der Waals surface area contributed by atoms with Crippen molar-refractivity contribution in [1.29, 1.82) is 0 Å². The predicted molar refractivity (Wildman–Crippen MR) is 106 cm³/mol. The summed E-state index contributed by atoms with van der Waals surface area (Å²) in [5.74, 6) is -2.43. The fraction of sp³-hybridized carbons (Fsp3) is 0.500. The summed E-state index contributed by atoms with van der Waals surface area (Å²) in [6, 6.07) is 2.69. The number of alkyl halides is 3. The predicted octanol–water partition coefficient (Wildman–Crippen LogP) is 3.88. The van der Waals surface area contributed by atoms with Gasteiger partial charge in [-0.05, 0) is 31.4 Å². The molecular weight excluding hydrogens is 441 g/mol. The summed E-state index contributed by atoms with van der Waals surface area (Å²) >= 11 is 1.08. The molecule has 0 radical (unpaired) electrons. The first kappa shape index (κ1) is 22.6. The molecule has 2 unspecified atom stereocenters. The molecule has 0 spiro atoms. The van der Waals surface area contributed by atoms with Crippen LogP contribution in [0.15, 0.2) is 28.6 Å². The zero-order chi connectivity index (χ0) is 22.1. The average molecular weight is 463 g/mol. The molecule has 30 heavy (non-hydrogen) atoms. The summed E-state index contributed by atoms with van der Waals surface area (Å²) in [7, 11) is -1.20. The number of sulfonamides is 1. The summed E-state index contributed by atoms with van der Waals surface area (Å²) in [6.07, 6.45) is -1.75. The summed E-state index contributed by atoms with van der Waals surface area (Å²) < 4.78 is 65.0. The number of hydrogen-bond donors (Lipinski definition) is 1. The van der Waals surface area contributed by atoms with E-state index in [1.165, 1.54) is 32.4 Å². The lowest BCUT2D eigenvalue weighted by Crippen LogP contribution is -2.28. The van der Waals surface area contributed by atoms with Crippen LogP contribution in [0.25, 0.3) is 0 Å². The third-order valence-corrected chi connectivity index (χ3v) is 7.66. The molecule has 1 fully saturated rings. The van der Waals surface area contributed by atoms with Crippen LogP contribution in [0.5, 0.6) is 0 Å². The Morgan fingerprint density at radius 2 is 2.03 bits per heavy atom. The van der Waals surface area contributed by atoms with Crippen LogP contribution in [0.3, 0.4) is 0 Å². The molecule has 7 nitrogen and oxygen atoms in total. The van der Waals surface area contributed by atoms with Crippen molar-refractivity contribution >= 4 is 32.4 Å². The average Bonchev–Trinajstić information content (AvgIpc) is 3.15. The lowest BCUT2D eigenvalue weighted by molar-refractivity contribution is -0.183. The number of thiazole rings is 1. The molecule has 0 saturated heterocycles. The number of aromatic nitrogens is 2. The van der Waals surface area contributed by atoms with Crippen molar-refractivity contribution in [2.75, 3.05) is 19.4 Å². The number of carbonyl (C=O) groups is 1. The van der Waals surface area contributed by atoms with Crippen LogP contribution >= 0.6 is 11.3 Å². The van der Waals surface area contributed by atoms with Gasteiger partial charge in [-0.15, -0.1) is 11.3 Å². The first-order chi connectivity index (χ1) is 14.0. The highest BCUT2D eigenvalue weighted by atomic mass is 32.2. The zero-order valence-electron chi connectivity index (χ0n) is 16.3. The van der Waals surface area contributed by atoms with Crippen molar-refractivity contribution in [3.63, 3.8) is 0 Å². The van der Waals surface area contributed by atoms with Crippen LogP contribution in [0.1, 0.15) is 47.8 Å². The molecule has 0 aromatic carbocycles. The summed E-state index contributed by atoms with van der Waals surface area (Å²) in [5.41, 5.74) is 0.226. The molecular formula is C18H21F3N4O3S2.